The molecule has 0 bridgehead atoms. The monoisotopic (exact) mass is 522 g/mol. The highest BCUT2D eigenvalue weighted by Gasteiger charge is 2.58. The fraction of sp³-hybridized carbons (Fsp3) is 0.448. The number of carbonyl (C=O) groups is 2. The van der Waals surface area contributed by atoms with Gasteiger partial charge in [-0.2, -0.15) is 0 Å². The minimum absolute atomic E-state index is 0.116. The van der Waals surface area contributed by atoms with E-state index in [4.69, 9.17) is 4.74 Å². The summed E-state index contributed by atoms with van der Waals surface area (Å²) in [6.45, 7) is 4.91. The second kappa shape index (κ2) is 9.31. The van der Waals surface area contributed by atoms with E-state index in [1.165, 1.54) is 5.56 Å². The number of sulfonamides is 1. The first-order valence-corrected chi connectivity index (χ1v) is 14.9. The van der Waals surface area contributed by atoms with Crippen LogP contribution in [0.3, 0.4) is 0 Å². The van der Waals surface area contributed by atoms with Gasteiger partial charge in [-0.05, 0) is 72.6 Å². The van der Waals surface area contributed by atoms with Crippen LogP contribution in [0.5, 0.6) is 5.75 Å². The molecule has 2 atom stereocenters. The summed E-state index contributed by atoms with van der Waals surface area (Å²) in [5, 5.41) is 1.06. The Bertz CT molecular complexity index is 1500. The van der Waals surface area contributed by atoms with Crippen LogP contribution in [0, 0.1) is 5.41 Å². The van der Waals surface area contributed by atoms with Crippen molar-refractivity contribution in [2.45, 2.75) is 64.3 Å². The first kappa shape index (κ1) is 25.5. The number of rotatable bonds is 9. The lowest BCUT2D eigenvalue weighted by molar-refractivity contribution is -0.112. The van der Waals surface area contributed by atoms with Gasteiger partial charge in [-0.15, -0.1) is 0 Å². The number of aldehydes is 1. The normalized spacial score (nSPS) is 20.1. The second-order valence-electron chi connectivity index (χ2n) is 10.6. The molecule has 0 spiro atoms. The summed E-state index contributed by atoms with van der Waals surface area (Å²) in [6, 6.07) is 11.6. The first-order chi connectivity index (χ1) is 17.7. The van der Waals surface area contributed by atoms with Gasteiger partial charge in [-0.1, -0.05) is 32.8 Å². The van der Waals surface area contributed by atoms with Gasteiger partial charge in [0.1, 0.15) is 12.0 Å². The molecule has 0 radical (unpaired) electrons. The van der Waals surface area contributed by atoms with Crippen LogP contribution < -0.4 is 9.46 Å². The first-order valence-electron chi connectivity index (χ1n) is 13.0. The average molecular weight is 523 g/mol. The molecule has 5 rings (SSSR count). The zero-order valence-corrected chi connectivity index (χ0v) is 22.7. The van der Waals surface area contributed by atoms with E-state index < -0.39 is 21.3 Å². The highest BCUT2D eigenvalue weighted by Crippen LogP contribution is 2.64. The summed E-state index contributed by atoms with van der Waals surface area (Å²) in [5.41, 5.74) is 5.23. The molecule has 2 heterocycles. The number of nitrogens with one attached hydrogen (secondary N) is 1. The maximum atomic E-state index is 12.8. The van der Waals surface area contributed by atoms with E-state index in [2.05, 4.69) is 35.3 Å². The topological polar surface area (TPSA) is 94.5 Å². The maximum Gasteiger partial charge on any atom is 0.264 e. The van der Waals surface area contributed by atoms with E-state index in [0.717, 1.165) is 78.1 Å². The van der Waals surface area contributed by atoms with Crippen LogP contribution in [0.2, 0.25) is 0 Å². The number of hydrogen-bond donors (Lipinski definition) is 1. The molecule has 1 N–H and O–H groups in total. The van der Waals surface area contributed by atoms with Crippen LogP contribution in [-0.2, 0) is 21.4 Å². The molecule has 3 aromatic rings. The van der Waals surface area contributed by atoms with E-state index in [-0.39, 0.29) is 11.5 Å². The van der Waals surface area contributed by atoms with E-state index in [0.29, 0.717) is 12.5 Å². The molecule has 1 saturated carbocycles. The van der Waals surface area contributed by atoms with Crippen molar-refractivity contribution in [1.29, 1.82) is 0 Å². The molecule has 1 amide bonds. The van der Waals surface area contributed by atoms with Crippen molar-refractivity contribution in [1.82, 2.24) is 9.29 Å². The van der Waals surface area contributed by atoms with Crippen LogP contribution in [0.4, 0.5) is 0 Å². The average Bonchev–Trinajstić information content (AvgIpc) is 3.52. The lowest BCUT2D eigenvalue weighted by atomic mass is 9.85. The number of benzene rings is 2. The molecule has 196 valence electrons. The highest BCUT2D eigenvalue weighted by atomic mass is 32.2. The van der Waals surface area contributed by atoms with Crippen molar-refractivity contribution >= 4 is 33.1 Å². The van der Waals surface area contributed by atoms with E-state index in [9.17, 15) is 18.0 Å². The molecule has 7 nitrogen and oxygen atoms in total. The predicted molar refractivity (Wildman–Crippen MR) is 145 cm³/mol. The van der Waals surface area contributed by atoms with Gasteiger partial charge in [0.2, 0.25) is 10.0 Å². The number of aromatic nitrogens is 1. The quantitative estimate of drug-likeness (QED) is 0.381. The molecular weight excluding hydrogens is 488 g/mol. The Hall–Kier alpha value is -3.13. The van der Waals surface area contributed by atoms with Gasteiger partial charge in [0.15, 0.2) is 0 Å². The van der Waals surface area contributed by atoms with E-state index in [1.54, 1.807) is 19.2 Å². The SMILES string of the molecule is CCCC(CCC)c1c2n(c3cc(C(=O)NS(C)(=O)=O)ccc13)CC1(C=O)CC1c1cc(OC)ccc1-2. The maximum absolute atomic E-state index is 12.8. The van der Waals surface area contributed by atoms with Crippen LogP contribution in [0.15, 0.2) is 36.4 Å². The van der Waals surface area contributed by atoms with Crippen LogP contribution >= 0.6 is 0 Å². The summed E-state index contributed by atoms with van der Waals surface area (Å²) in [4.78, 5) is 25.3. The van der Waals surface area contributed by atoms with Gasteiger partial charge in [0, 0.05) is 28.6 Å². The van der Waals surface area contributed by atoms with Crippen LogP contribution in [0.25, 0.3) is 22.2 Å². The number of hydrogen-bond acceptors (Lipinski definition) is 5. The molecule has 0 saturated heterocycles. The second-order valence-corrected chi connectivity index (χ2v) is 12.4. The summed E-state index contributed by atoms with van der Waals surface area (Å²) < 4.78 is 33.3. The molecule has 1 aromatic heterocycles. The van der Waals surface area contributed by atoms with Crippen molar-refractivity contribution < 1.29 is 22.7 Å². The van der Waals surface area contributed by atoms with Gasteiger partial charge in [0.05, 0.1) is 24.5 Å². The number of nitrogens with zero attached hydrogens (tertiary/aromatic N) is 1. The minimum Gasteiger partial charge on any atom is -0.497 e. The Morgan fingerprint density at radius 2 is 1.92 bits per heavy atom. The van der Waals surface area contributed by atoms with Crippen molar-refractivity contribution in [2.24, 2.45) is 5.41 Å². The summed E-state index contributed by atoms with van der Waals surface area (Å²) in [7, 11) is -2.04. The van der Waals surface area contributed by atoms with Gasteiger partial charge in [-0.25, -0.2) is 13.1 Å². The molecule has 37 heavy (non-hydrogen) atoms. The Balaban J connectivity index is 1.82. The highest BCUT2D eigenvalue weighted by molar-refractivity contribution is 7.89. The van der Waals surface area contributed by atoms with Gasteiger partial charge in [0.25, 0.3) is 5.91 Å². The lowest BCUT2D eigenvalue weighted by Crippen LogP contribution is -2.29. The van der Waals surface area contributed by atoms with Gasteiger partial charge in [-0.3, -0.25) is 4.79 Å². The number of fused-ring (bicyclic) bond motifs is 7. The predicted octanol–water partition coefficient (Wildman–Crippen LogP) is 5.38. The largest absolute Gasteiger partial charge is 0.497 e. The fourth-order valence-electron chi connectivity index (χ4n) is 6.29. The zero-order valence-electron chi connectivity index (χ0n) is 21.8. The molecule has 2 unspecified atom stereocenters. The van der Waals surface area contributed by atoms with Gasteiger partial charge >= 0.3 is 0 Å². The lowest BCUT2D eigenvalue weighted by Gasteiger charge is -2.20. The Kier molecular flexibility index (Phi) is 6.42. The van der Waals surface area contributed by atoms with E-state index >= 15 is 0 Å². The van der Waals surface area contributed by atoms with Crippen molar-refractivity contribution in [2.75, 3.05) is 13.4 Å². The van der Waals surface area contributed by atoms with Crippen molar-refractivity contribution in [3.05, 3.63) is 53.1 Å². The number of amides is 1. The Labute approximate surface area is 218 Å². The number of ether oxygens (including phenoxy) is 1. The standard InChI is InChI=1S/C29H34N2O5S/c1-5-7-18(8-6-2)26-22-11-9-19(28(33)30-37(4,34)35)13-25(22)31-16-29(17-32)15-24(29)23-14-20(36-3)10-12-21(23)27(26)31/h9-14,17-18,24H,5-8,15-16H2,1-4H3,(H,30,33). The molecule has 1 aliphatic carbocycles. The van der Waals surface area contributed by atoms with Crippen molar-refractivity contribution in [3.8, 4) is 17.0 Å². The summed E-state index contributed by atoms with van der Waals surface area (Å²) in [5.74, 6) is 0.551. The summed E-state index contributed by atoms with van der Waals surface area (Å²) >= 11 is 0. The van der Waals surface area contributed by atoms with Crippen molar-refractivity contribution in [3.63, 3.8) is 0 Å². The zero-order chi connectivity index (χ0) is 26.5. The third-order valence-electron chi connectivity index (χ3n) is 8.02. The summed E-state index contributed by atoms with van der Waals surface area (Å²) in [6.07, 6.45) is 6.99. The molecule has 2 aliphatic rings. The Morgan fingerprint density at radius 1 is 1.19 bits per heavy atom. The smallest absolute Gasteiger partial charge is 0.264 e. The Morgan fingerprint density at radius 3 is 2.54 bits per heavy atom. The third-order valence-corrected chi connectivity index (χ3v) is 8.58. The number of methoxy groups -OCH3 is 1. The van der Waals surface area contributed by atoms with Gasteiger partial charge < -0.3 is 14.1 Å². The number of carbonyl (C=O) groups excluding carboxylic acids is 2. The fourth-order valence-corrected chi connectivity index (χ4v) is 6.75. The molecule has 1 aliphatic heterocycles. The van der Waals surface area contributed by atoms with Crippen LogP contribution in [0.1, 0.15) is 79.3 Å². The molecule has 8 heteroatoms. The molecule has 1 fully saturated rings. The molecular formula is C29H34N2O5S. The van der Waals surface area contributed by atoms with E-state index in [1.807, 2.05) is 12.1 Å². The minimum atomic E-state index is -3.70. The third kappa shape index (κ3) is 4.35. The molecule has 2 aromatic carbocycles. The van der Waals surface area contributed by atoms with Crippen LogP contribution in [-0.4, -0.2) is 38.5 Å².